The summed E-state index contributed by atoms with van der Waals surface area (Å²) >= 11 is 0. The average molecular weight is 405 g/mol. The first-order valence-electron chi connectivity index (χ1n) is 8.01. The van der Waals surface area contributed by atoms with Gasteiger partial charge in [-0.25, -0.2) is 18.1 Å². The molecule has 1 amide bonds. The third-order valence-electron chi connectivity index (χ3n) is 3.31. The van der Waals surface area contributed by atoms with Crippen LogP contribution in [0.15, 0.2) is 39.5 Å². The van der Waals surface area contributed by atoms with Gasteiger partial charge in [0.25, 0.3) is 5.91 Å². The third-order valence-corrected chi connectivity index (χ3v) is 5.05. The van der Waals surface area contributed by atoms with Crippen LogP contribution in [-0.2, 0) is 14.8 Å². The number of nitrogens with zero attached hydrogens (tertiary/aromatic N) is 3. The Morgan fingerprint density at radius 3 is 2.43 bits per heavy atom. The molecule has 0 radical (unpaired) electrons. The molecular weight excluding hydrogens is 386 g/mol. The molecule has 2 aromatic rings. The van der Waals surface area contributed by atoms with E-state index in [-0.39, 0.29) is 22.0 Å². The number of pyridine rings is 1. The number of aryl methyl sites for hydroxylation is 1. The molecule has 10 nitrogen and oxygen atoms in total. The Morgan fingerprint density at radius 1 is 1.29 bits per heavy atom. The second kappa shape index (κ2) is 7.79. The van der Waals surface area contributed by atoms with E-state index in [4.69, 9.17) is 4.52 Å². The number of carbonyl (C=O) groups excluding carboxylic acids is 1. The molecule has 11 heteroatoms. The maximum atomic E-state index is 12.3. The summed E-state index contributed by atoms with van der Waals surface area (Å²) in [5.74, 6) is -1.27. The number of amides is 1. The number of aliphatic hydroxyl groups is 1. The standard InChI is InChI=1S/C17H19N5O5S/c1-10-13(9-20-27-10)15(23)12(7-18)16(24)21-14-6-5-11(8-19-14)28(25,26)22-17(2,3)4/h5-6,8-9,22-23H,1-4H3,(H,19,21,24)/b15-12-. The molecule has 2 rings (SSSR count). The van der Waals surface area contributed by atoms with Crippen LogP contribution in [0.2, 0.25) is 0 Å². The molecule has 3 N–H and O–H groups in total. The number of hydrogen-bond donors (Lipinski definition) is 3. The van der Waals surface area contributed by atoms with Crippen molar-refractivity contribution in [3.63, 3.8) is 0 Å². The van der Waals surface area contributed by atoms with Gasteiger partial charge in [0, 0.05) is 11.7 Å². The lowest BCUT2D eigenvalue weighted by atomic mass is 10.1. The van der Waals surface area contributed by atoms with E-state index in [2.05, 4.69) is 20.2 Å². The van der Waals surface area contributed by atoms with E-state index in [0.717, 1.165) is 6.20 Å². The second-order valence-corrected chi connectivity index (χ2v) is 8.50. The minimum Gasteiger partial charge on any atom is -0.506 e. The predicted molar refractivity (Wildman–Crippen MR) is 99.3 cm³/mol. The van der Waals surface area contributed by atoms with E-state index in [1.54, 1.807) is 26.8 Å². The Morgan fingerprint density at radius 2 is 1.96 bits per heavy atom. The van der Waals surface area contributed by atoms with Gasteiger partial charge < -0.3 is 14.9 Å². The molecule has 0 saturated heterocycles. The molecule has 0 aliphatic heterocycles. The van der Waals surface area contributed by atoms with Crippen molar-refractivity contribution in [2.45, 2.75) is 38.1 Å². The van der Waals surface area contributed by atoms with Crippen LogP contribution in [0.25, 0.3) is 5.76 Å². The normalized spacial score (nSPS) is 12.8. The maximum absolute atomic E-state index is 12.3. The van der Waals surface area contributed by atoms with Gasteiger partial charge >= 0.3 is 0 Å². The Kier molecular flexibility index (Phi) is 5.86. The van der Waals surface area contributed by atoms with Crippen LogP contribution in [0, 0.1) is 18.3 Å². The smallest absolute Gasteiger partial charge is 0.271 e. The van der Waals surface area contributed by atoms with Crippen LogP contribution < -0.4 is 10.0 Å². The van der Waals surface area contributed by atoms with Crippen LogP contribution in [0.5, 0.6) is 0 Å². The summed E-state index contributed by atoms with van der Waals surface area (Å²) < 4.78 is 31.8. The molecule has 148 valence electrons. The number of sulfonamides is 1. The Bertz CT molecular complexity index is 1060. The van der Waals surface area contributed by atoms with Crippen molar-refractivity contribution in [3.05, 3.63) is 41.4 Å². The van der Waals surface area contributed by atoms with Crippen molar-refractivity contribution in [1.82, 2.24) is 14.9 Å². The number of anilines is 1. The Hall–Kier alpha value is -3.23. The van der Waals surface area contributed by atoms with Crippen molar-refractivity contribution in [2.24, 2.45) is 0 Å². The molecule has 0 aromatic carbocycles. The van der Waals surface area contributed by atoms with Gasteiger partial charge in [-0.2, -0.15) is 5.26 Å². The molecule has 0 saturated carbocycles. The average Bonchev–Trinajstić information content (AvgIpc) is 2.99. The highest BCUT2D eigenvalue weighted by atomic mass is 32.2. The van der Waals surface area contributed by atoms with Gasteiger partial charge in [0.15, 0.2) is 11.3 Å². The maximum Gasteiger partial charge on any atom is 0.271 e. The van der Waals surface area contributed by atoms with Gasteiger partial charge in [-0.3, -0.25) is 4.79 Å². The SMILES string of the molecule is Cc1oncc1/C(O)=C(\C#N)C(=O)Nc1ccc(S(=O)(=O)NC(C)(C)C)cn1. The molecular formula is C17H19N5O5S. The molecule has 0 aliphatic carbocycles. The Labute approximate surface area is 161 Å². The van der Waals surface area contributed by atoms with Crippen molar-refractivity contribution < 1.29 is 22.8 Å². The minimum absolute atomic E-state index is 0.00213. The summed E-state index contributed by atoms with van der Waals surface area (Å²) in [5.41, 5.74) is -1.14. The summed E-state index contributed by atoms with van der Waals surface area (Å²) in [6.07, 6.45) is 2.25. The first-order chi connectivity index (χ1) is 12.9. The number of carbonyl (C=O) groups is 1. The molecule has 2 aromatic heterocycles. The minimum atomic E-state index is -3.78. The van der Waals surface area contributed by atoms with Crippen molar-refractivity contribution in [3.8, 4) is 6.07 Å². The summed E-state index contributed by atoms with van der Waals surface area (Å²) in [5, 5.41) is 25.2. The number of nitriles is 1. The van der Waals surface area contributed by atoms with Crippen LogP contribution >= 0.6 is 0 Å². The first kappa shape index (κ1) is 21.1. The highest BCUT2D eigenvalue weighted by molar-refractivity contribution is 7.89. The lowest BCUT2D eigenvalue weighted by molar-refractivity contribution is -0.112. The zero-order chi connectivity index (χ0) is 21.1. The number of hydrogen-bond acceptors (Lipinski definition) is 8. The van der Waals surface area contributed by atoms with Gasteiger partial charge in [0.2, 0.25) is 10.0 Å². The number of aromatic nitrogens is 2. The molecule has 0 bridgehead atoms. The largest absolute Gasteiger partial charge is 0.506 e. The first-order valence-corrected chi connectivity index (χ1v) is 9.49. The molecule has 2 heterocycles. The van der Waals surface area contributed by atoms with Gasteiger partial charge in [0.1, 0.15) is 22.5 Å². The quantitative estimate of drug-likeness (QED) is 0.386. The third kappa shape index (κ3) is 4.93. The second-order valence-electron chi connectivity index (χ2n) is 6.82. The number of aliphatic hydroxyl groups excluding tert-OH is 1. The molecule has 0 atom stereocenters. The van der Waals surface area contributed by atoms with E-state index in [1.807, 2.05) is 0 Å². The molecule has 0 fully saturated rings. The van der Waals surface area contributed by atoms with Gasteiger partial charge in [0.05, 0.1) is 11.8 Å². The summed E-state index contributed by atoms with van der Waals surface area (Å²) in [4.78, 5) is 16.1. The van der Waals surface area contributed by atoms with E-state index in [1.165, 1.54) is 25.3 Å². The highest BCUT2D eigenvalue weighted by Crippen LogP contribution is 2.20. The van der Waals surface area contributed by atoms with E-state index in [9.17, 15) is 23.6 Å². The fraction of sp³-hybridized carbons (Fsp3) is 0.294. The van der Waals surface area contributed by atoms with E-state index >= 15 is 0 Å². The summed E-state index contributed by atoms with van der Waals surface area (Å²) in [6, 6.07) is 4.14. The topological polar surface area (TPSA) is 158 Å². The highest BCUT2D eigenvalue weighted by Gasteiger charge is 2.23. The number of rotatable bonds is 5. The monoisotopic (exact) mass is 405 g/mol. The molecule has 0 spiro atoms. The zero-order valence-electron chi connectivity index (χ0n) is 15.6. The predicted octanol–water partition coefficient (Wildman–Crippen LogP) is 1.89. The molecule has 0 aliphatic rings. The van der Waals surface area contributed by atoms with Gasteiger partial charge in [-0.15, -0.1) is 0 Å². The van der Waals surface area contributed by atoms with Crippen LogP contribution in [0.4, 0.5) is 5.82 Å². The molecule has 0 unspecified atom stereocenters. The fourth-order valence-corrected chi connectivity index (χ4v) is 3.49. The van der Waals surface area contributed by atoms with Crippen molar-refractivity contribution in [2.75, 3.05) is 5.32 Å². The number of nitrogens with one attached hydrogen (secondary N) is 2. The van der Waals surface area contributed by atoms with Crippen LogP contribution in [0.1, 0.15) is 32.1 Å². The fourth-order valence-electron chi connectivity index (χ4n) is 2.13. The van der Waals surface area contributed by atoms with Crippen molar-refractivity contribution in [1.29, 1.82) is 5.26 Å². The Balaban J connectivity index is 2.23. The van der Waals surface area contributed by atoms with E-state index < -0.39 is 32.8 Å². The lowest BCUT2D eigenvalue weighted by Gasteiger charge is -2.20. The summed E-state index contributed by atoms with van der Waals surface area (Å²) in [7, 11) is -3.78. The summed E-state index contributed by atoms with van der Waals surface area (Å²) in [6.45, 7) is 6.61. The van der Waals surface area contributed by atoms with Crippen LogP contribution in [0.3, 0.4) is 0 Å². The van der Waals surface area contributed by atoms with Gasteiger partial charge in [-0.1, -0.05) is 5.16 Å². The molecule has 28 heavy (non-hydrogen) atoms. The zero-order valence-corrected chi connectivity index (χ0v) is 16.5. The van der Waals surface area contributed by atoms with E-state index in [0.29, 0.717) is 0 Å². The van der Waals surface area contributed by atoms with Gasteiger partial charge in [-0.05, 0) is 39.8 Å². The van der Waals surface area contributed by atoms with Crippen molar-refractivity contribution >= 4 is 27.5 Å². The lowest BCUT2D eigenvalue weighted by Crippen LogP contribution is -2.40. The van der Waals surface area contributed by atoms with Crippen LogP contribution in [-0.4, -0.2) is 35.1 Å².